The monoisotopic (exact) mass is 204 g/mol. The van der Waals surface area contributed by atoms with Gasteiger partial charge in [-0.1, -0.05) is 24.3 Å². The lowest BCUT2D eigenvalue weighted by atomic mass is 10.1. The van der Waals surface area contributed by atoms with Crippen LogP contribution in [0.2, 0.25) is 0 Å². The Labute approximate surface area is 90.1 Å². The van der Waals surface area contributed by atoms with E-state index in [-0.39, 0.29) is 6.04 Å². The van der Waals surface area contributed by atoms with Crippen LogP contribution >= 0.6 is 0 Å². The van der Waals surface area contributed by atoms with Crippen LogP contribution < -0.4 is 5.32 Å². The summed E-state index contributed by atoms with van der Waals surface area (Å²) in [4.78, 5) is 12.7. The number of hydrogen-bond acceptors (Lipinski definition) is 2. The van der Waals surface area contributed by atoms with Crippen LogP contribution in [0.25, 0.3) is 0 Å². The van der Waals surface area contributed by atoms with E-state index in [9.17, 15) is 4.79 Å². The number of carbonyl (C=O) groups excluding carboxylic acids is 1. The normalized spacial score (nSPS) is 23.9. The molecule has 0 saturated carbocycles. The van der Waals surface area contributed by atoms with Gasteiger partial charge in [-0.15, -0.1) is 0 Å². The molecule has 1 aliphatic carbocycles. The van der Waals surface area contributed by atoms with Crippen molar-refractivity contribution in [2.75, 3.05) is 14.1 Å². The molecule has 0 aromatic heterocycles. The number of amides is 1. The molecule has 3 heteroatoms. The maximum atomic E-state index is 10.6. The lowest BCUT2D eigenvalue weighted by molar-refractivity contribution is -0.110. The number of carbonyl (C=O) groups is 1. The Morgan fingerprint density at radius 3 is 2.80 bits per heavy atom. The van der Waals surface area contributed by atoms with E-state index in [1.807, 2.05) is 14.1 Å². The minimum absolute atomic E-state index is 0.204. The van der Waals surface area contributed by atoms with E-state index in [1.165, 1.54) is 11.1 Å². The van der Waals surface area contributed by atoms with Crippen molar-refractivity contribution in [3.63, 3.8) is 0 Å². The Bertz CT molecular complexity index is 362. The van der Waals surface area contributed by atoms with Crippen LogP contribution in [0, 0.1) is 0 Å². The fraction of sp³-hybridized carbons (Fsp3) is 0.417. The van der Waals surface area contributed by atoms with Crippen molar-refractivity contribution >= 4 is 6.41 Å². The number of fused-ring (bicyclic) bond motifs is 1. The molecule has 2 unspecified atom stereocenters. The zero-order chi connectivity index (χ0) is 10.8. The number of likely N-dealkylation sites (N-methyl/N-ethyl adjacent to an activating group) is 1. The number of benzene rings is 1. The highest BCUT2D eigenvalue weighted by molar-refractivity contribution is 5.49. The van der Waals surface area contributed by atoms with Gasteiger partial charge in [0.1, 0.15) is 0 Å². The molecule has 80 valence electrons. The van der Waals surface area contributed by atoms with Gasteiger partial charge in [-0.25, -0.2) is 0 Å². The quantitative estimate of drug-likeness (QED) is 0.744. The largest absolute Gasteiger partial charge is 0.354 e. The fourth-order valence-corrected chi connectivity index (χ4v) is 2.45. The zero-order valence-electron chi connectivity index (χ0n) is 9.10. The van der Waals surface area contributed by atoms with Crippen molar-refractivity contribution in [3.8, 4) is 0 Å². The predicted molar refractivity (Wildman–Crippen MR) is 59.6 cm³/mol. The Morgan fingerprint density at radius 1 is 1.40 bits per heavy atom. The van der Waals surface area contributed by atoms with Gasteiger partial charge in [-0.2, -0.15) is 0 Å². The highest BCUT2D eigenvalue weighted by atomic mass is 16.1. The smallest absolute Gasteiger partial charge is 0.207 e. The van der Waals surface area contributed by atoms with Crippen molar-refractivity contribution < 1.29 is 4.79 Å². The molecule has 1 amide bonds. The van der Waals surface area contributed by atoms with E-state index < -0.39 is 0 Å². The molecule has 1 N–H and O–H groups in total. The minimum atomic E-state index is 0.204. The molecule has 0 heterocycles. The summed E-state index contributed by atoms with van der Waals surface area (Å²) >= 11 is 0. The molecule has 15 heavy (non-hydrogen) atoms. The van der Waals surface area contributed by atoms with Gasteiger partial charge in [0.25, 0.3) is 0 Å². The van der Waals surface area contributed by atoms with Crippen LogP contribution in [-0.4, -0.2) is 31.4 Å². The molecular weight excluding hydrogens is 188 g/mol. The third kappa shape index (κ3) is 1.75. The Balaban J connectivity index is 2.33. The molecule has 0 saturated heterocycles. The first-order chi connectivity index (χ1) is 7.24. The summed E-state index contributed by atoms with van der Waals surface area (Å²) in [6.07, 6.45) is 1.73. The molecule has 0 spiro atoms. The second-order valence-corrected chi connectivity index (χ2v) is 4.20. The maximum Gasteiger partial charge on any atom is 0.207 e. The van der Waals surface area contributed by atoms with Gasteiger partial charge in [0, 0.05) is 0 Å². The second-order valence-electron chi connectivity index (χ2n) is 4.20. The first-order valence-electron chi connectivity index (χ1n) is 5.18. The van der Waals surface area contributed by atoms with Gasteiger partial charge >= 0.3 is 0 Å². The average Bonchev–Trinajstić information content (AvgIpc) is 2.56. The summed E-state index contributed by atoms with van der Waals surface area (Å²) < 4.78 is 0. The first kappa shape index (κ1) is 10.2. The van der Waals surface area contributed by atoms with E-state index in [4.69, 9.17) is 0 Å². The fourth-order valence-electron chi connectivity index (χ4n) is 2.45. The van der Waals surface area contributed by atoms with Crippen LogP contribution in [0.3, 0.4) is 0 Å². The minimum Gasteiger partial charge on any atom is -0.354 e. The lowest BCUT2D eigenvalue weighted by Gasteiger charge is -2.26. The number of nitrogens with one attached hydrogen (secondary N) is 1. The van der Waals surface area contributed by atoms with Gasteiger partial charge in [0.15, 0.2) is 0 Å². The van der Waals surface area contributed by atoms with Crippen molar-refractivity contribution in [2.45, 2.75) is 18.5 Å². The zero-order valence-corrected chi connectivity index (χ0v) is 9.10. The molecule has 1 aromatic carbocycles. The van der Waals surface area contributed by atoms with Gasteiger partial charge in [-0.3, -0.25) is 4.79 Å². The Kier molecular flexibility index (Phi) is 2.73. The summed E-state index contributed by atoms with van der Waals surface area (Å²) in [5.41, 5.74) is 2.68. The van der Waals surface area contributed by atoms with E-state index in [1.54, 1.807) is 0 Å². The first-order valence-corrected chi connectivity index (χ1v) is 5.18. The summed E-state index contributed by atoms with van der Waals surface area (Å²) in [6.45, 7) is 0. The van der Waals surface area contributed by atoms with Crippen LogP contribution in [0.4, 0.5) is 0 Å². The molecular formula is C12H16N2O. The number of rotatable bonds is 3. The van der Waals surface area contributed by atoms with Gasteiger partial charge in [-0.05, 0) is 31.6 Å². The third-order valence-electron chi connectivity index (χ3n) is 3.03. The van der Waals surface area contributed by atoms with E-state index in [0.717, 1.165) is 12.8 Å². The van der Waals surface area contributed by atoms with Gasteiger partial charge < -0.3 is 10.2 Å². The Hall–Kier alpha value is -1.35. The van der Waals surface area contributed by atoms with Crippen molar-refractivity contribution in [3.05, 3.63) is 35.4 Å². The van der Waals surface area contributed by atoms with Crippen molar-refractivity contribution in [1.29, 1.82) is 0 Å². The number of hydrogen-bond donors (Lipinski definition) is 1. The van der Waals surface area contributed by atoms with Crippen molar-refractivity contribution in [1.82, 2.24) is 10.2 Å². The lowest BCUT2D eigenvalue weighted by Crippen LogP contribution is -2.38. The highest BCUT2D eigenvalue weighted by Gasteiger charge is 2.33. The van der Waals surface area contributed by atoms with E-state index in [2.05, 4.69) is 34.5 Å². The highest BCUT2D eigenvalue weighted by Crippen LogP contribution is 2.34. The van der Waals surface area contributed by atoms with Crippen LogP contribution in [0.1, 0.15) is 17.2 Å². The van der Waals surface area contributed by atoms with E-state index >= 15 is 0 Å². The summed E-state index contributed by atoms with van der Waals surface area (Å²) in [7, 11) is 4.10. The topological polar surface area (TPSA) is 32.3 Å². The molecule has 2 rings (SSSR count). The average molecular weight is 204 g/mol. The van der Waals surface area contributed by atoms with Gasteiger partial charge in [0.05, 0.1) is 12.1 Å². The molecule has 1 aromatic rings. The predicted octanol–water partition coefficient (Wildman–Crippen LogP) is 0.960. The maximum absolute atomic E-state index is 10.6. The molecule has 0 radical (unpaired) electrons. The summed E-state index contributed by atoms with van der Waals surface area (Å²) in [5, 5.41) is 2.90. The van der Waals surface area contributed by atoms with Gasteiger partial charge in [0.2, 0.25) is 6.41 Å². The SMILES string of the molecule is CN(C)C1c2ccccc2CC1NC=O. The van der Waals surface area contributed by atoms with Crippen LogP contribution in [0.15, 0.2) is 24.3 Å². The summed E-state index contributed by atoms with van der Waals surface area (Å²) in [5.74, 6) is 0. The van der Waals surface area contributed by atoms with Crippen LogP contribution in [-0.2, 0) is 11.2 Å². The third-order valence-corrected chi connectivity index (χ3v) is 3.03. The molecule has 0 fully saturated rings. The van der Waals surface area contributed by atoms with Crippen LogP contribution in [0.5, 0.6) is 0 Å². The standard InChI is InChI=1S/C12H16N2O/c1-14(2)12-10-6-4-3-5-9(10)7-11(12)13-8-15/h3-6,8,11-12H,7H2,1-2H3,(H,13,15). The molecule has 1 aliphatic rings. The molecule has 0 aliphatic heterocycles. The molecule has 0 bridgehead atoms. The Morgan fingerprint density at radius 2 is 2.13 bits per heavy atom. The van der Waals surface area contributed by atoms with Crippen molar-refractivity contribution in [2.24, 2.45) is 0 Å². The summed E-state index contributed by atoms with van der Waals surface area (Å²) in [6, 6.07) is 8.89. The second kappa shape index (κ2) is 4.03. The molecule has 2 atom stereocenters. The number of nitrogens with zero attached hydrogens (tertiary/aromatic N) is 1. The van der Waals surface area contributed by atoms with E-state index in [0.29, 0.717) is 6.04 Å². The molecule has 3 nitrogen and oxygen atoms in total.